The summed E-state index contributed by atoms with van der Waals surface area (Å²) in [6, 6.07) is 5.63. The lowest BCUT2D eigenvalue weighted by molar-refractivity contribution is -0.159. The number of carbonyl (C=O) groups is 1. The summed E-state index contributed by atoms with van der Waals surface area (Å²) in [5.74, 6) is 0.689. The fourth-order valence-electron chi connectivity index (χ4n) is 3.81. The number of benzene rings is 1. The Morgan fingerprint density at radius 1 is 1.26 bits per heavy atom. The number of hydrogen-bond acceptors (Lipinski definition) is 3. The predicted molar refractivity (Wildman–Crippen MR) is 85.6 cm³/mol. The summed E-state index contributed by atoms with van der Waals surface area (Å²) in [7, 11) is 0. The number of hydrogen-bond donors (Lipinski definition) is 0. The first kappa shape index (κ1) is 16.0. The van der Waals surface area contributed by atoms with E-state index in [1.165, 1.54) is 49.1 Å². The van der Waals surface area contributed by atoms with Gasteiger partial charge in [0.25, 0.3) is 0 Å². The summed E-state index contributed by atoms with van der Waals surface area (Å²) in [6.07, 6.45) is 4.70. The number of ether oxygens (including phenoxy) is 2. The van der Waals surface area contributed by atoms with Crippen LogP contribution in [0.15, 0.2) is 36.4 Å². The average molecular weight is 318 g/mol. The Morgan fingerprint density at radius 3 is 2.70 bits per heavy atom. The molecule has 0 N–H and O–H groups in total. The third-order valence-corrected chi connectivity index (χ3v) is 5.01. The Labute approximate surface area is 136 Å². The molecule has 124 valence electrons. The van der Waals surface area contributed by atoms with E-state index in [0.717, 1.165) is 12.8 Å². The van der Waals surface area contributed by atoms with Crippen LogP contribution in [0.1, 0.15) is 39.0 Å². The number of halogens is 1. The molecule has 1 aromatic carbocycles. The zero-order chi connectivity index (χ0) is 16.4. The molecule has 2 fully saturated rings. The van der Waals surface area contributed by atoms with Crippen LogP contribution in [0, 0.1) is 17.7 Å². The lowest BCUT2D eigenvalue weighted by Crippen LogP contribution is -2.33. The summed E-state index contributed by atoms with van der Waals surface area (Å²) in [5, 5.41) is 0. The van der Waals surface area contributed by atoms with E-state index in [2.05, 4.69) is 6.58 Å². The lowest BCUT2D eigenvalue weighted by atomic mass is 9.80. The molecule has 0 aromatic heterocycles. The minimum Gasteiger partial charge on any atom is -0.479 e. The standard InChI is InChI=1S/C19H23FO3/c1-12-11-18(17-6-4-3-5-16(12)17)23-19(21)13(2)22-15-9-7-14(20)8-10-15/h7-10,13,16-18H,1,3-6,11H2,2H3/t13-,16+,17+,18+/m1/s1. The van der Waals surface area contributed by atoms with Crippen molar-refractivity contribution in [1.29, 1.82) is 0 Å². The predicted octanol–water partition coefficient (Wildman–Crippen LogP) is 4.27. The smallest absolute Gasteiger partial charge is 0.347 e. The van der Waals surface area contributed by atoms with Gasteiger partial charge in [-0.3, -0.25) is 0 Å². The normalized spacial score (nSPS) is 28.1. The van der Waals surface area contributed by atoms with Crippen LogP contribution < -0.4 is 4.74 Å². The summed E-state index contributed by atoms with van der Waals surface area (Å²) in [4.78, 5) is 12.3. The van der Waals surface area contributed by atoms with E-state index in [0.29, 0.717) is 17.6 Å². The molecule has 3 rings (SSSR count). The second-order valence-electron chi connectivity index (χ2n) is 6.61. The van der Waals surface area contributed by atoms with Crippen LogP contribution in [0.5, 0.6) is 5.75 Å². The summed E-state index contributed by atoms with van der Waals surface area (Å²) in [6.45, 7) is 5.82. The molecule has 2 aliphatic rings. The minimum absolute atomic E-state index is 0.0698. The molecule has 1 aromatic rings. The molecule has 4 heteroatoms. The molecule has 3 nitrogen and oxygen atoms in total. The van der Waals surface area contributed by atoms with Crippen molar-refractivity contribution in [1.82, 2.24) is 0 Å². The molecule has 0 spiro atoms. The second-order valence-corrected chi connectivity index (χ2v) is 6.61. The van der Waals surface area contributed by atoms with E-state index >= 15 is 0 Å². The van der Waals surface area contributed by atoms with Gasteiger partial charge in [0.2, 0.25) is 0 Å². The molecule has 0 amide bonds. The molecule has 2 aliphatic carbocycles. The summed E-state index contributed by atoms with van der Waals surface area (Å²) in [5.41, 5.74) is 1.22. The highest BCUT2D eigenvalue weighted by atomic mass is 19.1. The van der Waals surface area contributed by atoms with Gasteiger partial charge in [-0.2, -0.15) is 0 Å². The van der Waals surface area contributed by atoms with Crippen molar-refractivity contribution < 1.29 is 18.7 Å². The van der Waals surface area contributed by atoms with E-state index in [9.17, 15) is 9.18 Å². The van der Waals surface area contributed by atoms with Crippen LogP contribution >= 0.6 is 0 Å². The quantitative estimate of drug-likeness (QED) is 0.614. The maximum Gasteiger partial charge on any atom is 0.347 e. The zero-order valence-electron chi connectivity index (χ0n) is 13.5. The van der Waals surface area contributed by atoms with Gasteiger partial charge in [-0.1, -0.05) is 25.0 Å². The van der Waals surface area contributed by atoms with Crippen molar-refractivity contribution >= 4 is 5.97 Å². The van der Waals surface area contributed by atoms with Crippen molar-refractivity contribution in [2.24, 2.45) is 11.8 Å². The largest absolute Gasteiger partial charge is 0.479 e. The van der Waals surface area contributed by atoms with Gasteiger partial charge in [-0.05, 0) is 49.9 Å². The van der Waals surface area contributed by atoms with Crippen molar-refractivity contribution in [2.75, 3.05) is 0 Å². The maximum atomic E-state index is 12.9. The molecule has 23 heavy (non-hydrogen) atoms. The maximum absolute atomic E-state index is 12.9. The second kappa shape index (κ2) is 6.73. The fraction of sp³-hybridized carbons (Fsp3) is 0.526. The molecule has 0 aliphatic heterocycles. The van der Waals surface area contributed by atoms with Crippen LogP contribution in [-0.2, 0) is 9.53 Å². The third-order valence-electron chi connectivity index (χ3n) is 5.01. The van der Waals surface area contributed by atoms with Gasteiger partial charge in [-0.25, -0.2) is 9.18 Å². The minimum atomic E-state index is -0.712. The molecule has 0 saturated heterocycles. The molecule has 2 saturated carbocycles. The van der Waals surface area contributed by atoms with Gasteiger partial charge >= 0.3 is 5.97 Å². The molecular weight excluding hydrogens is 295 g/mol. The van der Waals surface area contributed by atoms with E-state index in [1.807, 2.05) is 0 Å². The van der Waals surface area contributed by atoms with Crippen molar-refractivity contribution in [3.63, 3.8) is 0 Å². The van der Waals surface area contributed by atoms with Gasteiger partial charge in [0.15, 0.2) is 6.10 Å². The Bertz CT molecular complexity index is 581. The van der Waals surface area contributed by atoms with Gasteiger partial charge < -0.3 is 9.47 Å². The zero-order valence-corrected chi connectivity index (χ0v) is 13.5. The molecule has 4 atom stereocenters. The molecule has 0 heterocycles. The summed E-state index contributed by atoms with van der Waals surface area (Å²) >= 11 is 0. The van der Waals surface area contributed by atoms with E-state index in [-0.39, 0.29) is 17.9 Å². The van der Waals surface area contributed by atoms with Crippen LogP contribution in [0.25, 0.3) is 0 Å². The van der Waals surface area contributed by atoms with Crippen molar-refractivity contribution in [2.45, 2.75) is 51.2 Å². The van der Waals surface area contributed by atoms with Gasteiger partial charge in [0.1, 0.15) is 17.7 Å². The summed E-state index contributed by atoms with van der Waals surface area (Å²) < 4.78 is 24.1. The Morgan fingerprint density at radius 2 is 1.96 bits per heavy atom. The average Bonchev–Trinajstić information content (AvgIpc) is 2.86. The van der Waals surface area contributed by atoms with Crippen LogP contribution in [0.4, 0.5) is 4.39 Å². The van der Waals surface area contributed by atoms with Crippen LogP contribution in [0.3, 0.4) is 0 Å². The van der Waals surface area contributed by atoms with Gasteiger partial charge in [0, 0.05) is 12.3 Å². The lowest BCUT2D eigenvalue weighted by Gasteiger charge is -2.29. The number of fused-ring (bicyclic) bond motifs is 1. The first-order valence-corrected chi connectivity index (χ1v) is 8.35. The van der Waals surface area contributed by atoms with Crippen LogP contribution in [-0.4, -0.2) is 18.2 Å². The Kier molecular flexibility index (Phi) is 4.69. The SMILES string of the molecule is C=C1C[C@H](OC(=O)[C@@H](C)Oc2ccc(F)cc2)[C@H]2CCCC[C@@H]12. The fourth-order valence-corrected chi connectivity index (χ4v) is 3.81. The Hall–Kier alpha value is -1.84. The first-order chi connectivity index (χ1) is 11.0. The van der Waals surface area contributed by atoms with Crippen molar-refractivity contribution in [3.05, 3.63) is 42.2 Å². The number of rotatable bonds is 4. The highest BCUT2D eigenvalue weighted by Crippen LogP contribution is 2.46. The highest BCUT2D eigenvalue weighted by Gasteiger charge is 2.42. The number of carbonyl (C=O) groups excluding carboxylic acids is 1. The van der Waals surface area contributed by atoms with Gasteiger partial charge in [-0.15, -0.1) is 0 Å². The van der Waals surface area contributed by atoms with E-state index in [1.54, 1.807) is 6.92 Å². The monoisotopic (exact) mass is 318 g/mol. The van der Waals surface area contributed by atoms with Gasteiger partial charge in [0.05, 0.1) is 0 Å². The number of esters is 1. The van der Waals surface area contributed by atoms with Crippen molar-refractivity contribution in [3.8, 4) is 5.75 Å². The highest BCUT2D eigenvalue weighted by molar-refractivity contribution is 5.75. The molecule has 0 radical (unpaired) electrons. The Balaban J connectivity index is 1.58. The first-order valence-electron chi connectivity index (χ1n) is 8.35. The topological polar surface area (TPSA) is 35.5 Å². The molecule has 0 bridgehead atoms. The van der Waals surface area contributed by atoms with E-state index < -0.39 is 6.10 Å². The molecular formula is C19H23FO3. The molecule has 0 unspecified atom stereocenters. The third kappa shape index (κ3) is 3.57. The van der Waals surface area contributed by atoms with Crippen LogP contribution in [0.2, 0.25) is 0 Å². The van der Waals surface area contributed by atoms with E-state index in [4.69, 9.17) is 9.47 Å².